The van der Waals surface area contributed by atoms with E-state index in [1.807, 2.05) is 0 Å². The first kappa shape index (κ1) is 14.9. The van der Waals surface area contributed by atoms with E-state index in [1.165, 1.54) is 0 Å². The van der Waals surface area contributed by atoms with Crippen LogP contribution in [0.4, 0.5) is 0 Å². The van der Waals surface area contributed by atoms with E-state index in [0.29, 0.717) is 0 Å². The third kappa shape index (κ3) is 1.34. The molecule has 0 aromatic heterocycles. The molecule has 0 saturated heterocycles. The van der Waals surface area contributed by atoms with Gasteiger partial charge in [-0.3, -0.25) is 10.5 Å². The quantitative estimate of drug-likeness (QED) is 0.354. The number of hydrogen-bond acceptors (Lipinski definition) is 8. The summed E-state index contributed by atoms with van der Waals surface area (Å²) in [6, 6.07) is 0. The third-order valence-corrected chi connectivity index (χ3v) is 4.89. The van der Waals surface area contributed by atoms with Crippen LogP contribution in [0, 0.1) is 61.4 Å². The van der Waals surface area contributed by atoms with Crippen molar-refractivity contribution in [3.05, 3.63) is 0 Å². The van der Waals surface area contributed by atoms with Crippen LogP contribution in [0.25, 0.3) is 0 Å². The summed E-state index contributed by atoms with van der Waals surface area (Å²) in [4.78, 5) is 6.19. The number of nitriles is 6. The summed E-state index contributed by atoms with van der Waals surface area (Å²) >= 11 is 0. The average molecular weight is 250 g/mol. The van der Waals surface area contributed by atoms with Gasteiger partial charge in [-0.25, -0.2) is 0 Å². The number of nitrogens with zero attached hydrogens (tertiary/aromatic N) is 6. The molecular weight excluding hydrogens is 244 g/mol. The van der Waals surface area contributed by atoms with Crippen molar-refractivity contribution >= 4 is 0 Å². The predicted octanol–water partition coefficient (Wildman–Crippen LogP) is 0.566. The molecule has 15 heavy (non-hydrogen) atoms. The van der Waals surface area contributed by atoms with E-state index in [-0.39, 0.29) is 5.71 Å². The van der Waals surface area contributed by atoms with Crippen molar-refractivity contribution in [3.63, 3.8) is 0 Å². The Morgan fingerprint density at radius 2 is 0.733 bits per heavy atom. The molecule has 0 rings (SSSR count). The molecule has 0 aliphatic carbocycles. The van der Waals surface area contributed by atoms with Gasteiger partial charge in [0.25, 0.3) is 0 Å². The summed E-state index contributed by atoms with van der Waals surface area (Å²) in [5.41, 5.74) is 0. The number of hydrogen-bond donors (Lipinski definition) is 2. The Balaban J connectivity index is -0.0000000669. The standard InChI is InChI=1S/6CN.Fe.H2O2/c6*1-2;;1-2/h;;;;;;;1-2H/q;;;;;;-4;/p+4. The van der Waals surface area contributed by atoms with E-state index < -0.39 is 10.7 Å². The minimum atomic E-state index is -6.17. The first-order valence-electron chi connectivity index (χ1n) is 2.60. The van der Waals surface area contributed by atoms with Crippen molar-refractivity contribution in [1.82, 2.24) is 0 Å². The first-order valence-corrected chi connectivity index (χ1v) is 5.91. The molecule has 9 heteroatoms. The van der Waals surface area contributed by atoms with Crippen LogP contribution >= 0.6 is 0 Å². The van der Waals surface area contributed by atoms with Gasteiger partial charge in [-0.05, 0) is 0 Å². The monoisotopic (exact) mass is 250 g/mol. The summed E-state index contributed by atoms with van der Waals surface area (Å²) in [5, 5.41) is 63.5. The van der Waals surface area contributed by atoms with Crippen LogP contribution < -0.4 is 0 Å². The molecule has 0 aromatic carbocycles. The van der Waals surface area contributed by atoms with Crippen molar-refractivity contribution in [3.8, 4) is 29.8 Å². The van der Waals surface area contributed by atoms with Crippen molar-refractivity contribution in [1.29, 1.82) is 31.6 Å². The second kappa shape index (κ2) is 3.63. The Morgan fingerprint density at radius 3 is 0.733 bits per heavy atom. The van der Waals surface area contributed by atoms with Crippen LogP contribution in [0.5, 0.6) is 0 Å². The molecule has 0 aliphatic heterocycles. The molecule has 0 bridgehead atoms. The van der Waals surface area contributed by atoms with Crippen molar-refractivity contribution in [2.45, 2.75) is 0 Å². The average Bonchev–Trinajstić information content (AvgIpc) is 2.39. The van der Waals surface area contributed by atoms with Crippen molar-refractivity contribution in [2.75, 3.05) is 0 Å². The maximum absolute atomic E-state index is 8.58. The maximum Gasteiger partial charge on any atom is 1.00 e. The van der Waals surface area contributed by atoms with E-state index in [2.05, 4.69) is 0 Å². The van der Waals surface area contributed by atoms with E-state index >= 15 is 0 Å². The molecule has 0 fully saturated rings. The fourth-order valence-corrected chi connectivity index (χ4v) is 1.09. The van der Waals surface area contributed by atoms with Crippen LogP contribution in [0.3, 0.4) is 0 Å². The molecule has 2 N–H and O–H groups in total. The van der Waals surface area contributed by atoms with E-state index in [9.17, 15) is 0 Å². The Hall–Kier alpha value is -2.62. The minimum absolute atomic E-state index is 0. The van der Waals surface area contributed by atoms with E-state index in [4.69, 9.17) is 42.1 Å². The van der Waals surface area contributed by atoms with Gasteiger partial charge < -0.3 is 0 Å². The zero-order valence-corrected chi connectivity index (χ0v) is 8.04. The Morgan fingerprint density at radius 1 is 0.600 bits per heavy atom. The molecule has 0 spiro atoms. The first-order chi connectivity index (χ1) is 6.97. The largest absolute Gasteiger partial charge is 1.00 e. The summed E-state index contributed by atoms with van der Waals surface area (Å²) < 4.78 is 0. The fraction of sp³-hybridized carbons (Fsp3) is 0. The topological polar surface area (TPSA) is 183 Å². The van der Waals surface area contributed by atoms with Crippen molar-refractivity contribution < 1.29 is 27.0 Å². The van der Waals surface area contributed by atoms with Gasteiger partial charge in [0.2, 0.25) is 0 Å². The van der Waals surface area contributed by atoms with Crippen molar-refractivity contribution in [2.24, 2.45) is 0 Å². The van der Waals surface area contributed by atoms with Crippen LogP contribution in [0.15, 0.2) is 0 Å². The molecular formula is C6H6FeN6O2. The molecule has 0 aromatic rings. The van der Waals surface area contributed by atoms with Gasteiger partial charge in [0.1, 0.15) is 0 Å². The molecule has 0 saturated carbocycles. The van der Waals surface area contributed by atoms with Gasteiger partial charge in [-0.2, -0.15) is 0 Å². The fourth-order valence-electron chi connectivity index (χ4n) is 0.265. The van der Waals surface area contributed by atoms with Crippen LogP contribution in [0.2, 0.25) is 0 Å². The van der Waals surface area contributed by atoms with E-state index in [1.54, 1.807) is 0 Å². The molecule has 0 aliphatic rings. The van der Waals surface area contributed by atoms with Crippen LogP contribution in [-0.2, 0) is 10.7 Å². The molecule has 80 valence electrons. The van der Waals surface area contributed by atoms with Gasteiger partial charge in [-0.1, -0.05) is 0 Å². The van der Waals surface area contributed by atoms with Gasteiger partial charge in [0, 0.05) is 0 Å². The SMILES string of the molecule is N#[C][Fe-4]([C]#N)([C]#N)([C]#N)([C]#N)[C]#N.OO.[H+].[H+].[H+].[H+]. The maximum atomic E-state index is 8.58. The minimum Gasteiger partial charge on any atom is -0.255 e. The molecule has 0 radical (unpaired) electrons. The molecule has 0 atom stereocenters. The summed E-state index contributed by atoms with van der Waals surface area (Å²) in [6.45, 7) is 0. The van der Waals surface area contributed by atoms with Gasteiger partial charge >= 0.3 is 77.8 Å². The van der Waals surface area contributed by atoms with Crippen LogP contribution in [0.1, 0.15) is 5.71 Å². The Labute approximate surface area is 89.0 Å². The number of rotatable bonds is 0. The Bertz CT molecular complexity index is 410. The molecule has 0 unspecified atom stereocenters. The second-order valence-electron chi connectivity index (χ2n) is 1.80. The second-order valence-corrected chi connectivity index (χ2v) is 7.42. The summed E-state index contributed by atoms with van der Waals surface area (Å²) in [7, 11) is -6.17. The molecule has 8 nitrogen and oxygen atoms in total. The van der Waals surface area contributed by atoms with Gasteiger partial charge in [-0.15, -0.1) is 0 Å². The summed E-state index contributed by atoms with van der Waals surface area (Å²) in [6.07, 6.45) is 0. The zero-order chi connectivity index (χ0) is 12.7. The smallest absolute Gasteiger partial charge is 0.255 e. The third-order valence-electron chi connectivity index (χ3n) is 1.19. The predicted molar refractivity (Wildman–Crippen MR) is 43.4 cm³/mol. The van der Waals surface area contributed by atoms with Gasteiger partial charge in [0.05, 0.1) is 0 Å². The molecule has 0 heterocycles. The molecule has 0 amide bonds. The van der Waals surface area contributed by atoms with E-state index in [0.717, 1.165) is 29.8 Å². The zero-order valence-electron chi connectivity index (χ0n) is 10.9. The normalized spacial score (nSPS) is 12.0. The Kier molecular flexibility index (Phi) is 3.60. The van der Waals surface area contributed by atoms with Gasteiger partial charge in [0.15, 0.2) is 0 Å². The van der Waals surface area contributed by atoms with Crippen LogP contribution in [-0.4, -0.2) is 10.5 Å². The summed E-state index contributed by atoms with van der Waals surface area (Å²) in [5.74, 6) is 0.